The van der Waals surface area contributed by atoms with Gasteiger partial charge in [-0.15, -0.1) is 11.3 Å². The molecule has 1 amide bonds. The highest BCUT2D eigenvalue weighted by atomic mass is 32.1. The van der Waals surface area contributed by atoms with Gasteiger partial charge in [-0.2, -0.15) is 0 Å². The van der Waals surface area contributed by atoms with E-state index in [0.717, 1.165) is 12.8 Å². The van der Waals surface area contributed by atoms with Crippen LogP contribution in [-0.2, 0) is 4.79 Å². The lowest BCUT2D eigenvalue weighted by Gasteiger charge is -2.21. The summed E-state index contributed by atoms with van der Waals surface area (Å²) in [5.41, 5.74) is 0. The minimum absolute atomic E-state index is 0.135. The Bertz CT molecular complexity index is 456. The van der Waals surface area contributed by atoms with Crippen molar-refractivity contribution in [3.63, 3.8) is 0 Å². The molecule has 2 aliphatic rings. The third-order valence-corrected chi connectivity index (χ3v) is 5.37. The Kier molecular flexibility index (Phi) is 3.16. The van der Waals surface area contributed by atoms with Gasteiger partial charge in [0.15, 0.2) is 0 Å². The van der Waals surface area contributed by atoms with E-state index in [1.807, 2.05) is 0 Å². The number of hydrogen-bond acceptors (Lipinski definition) is 3. The van der Waals surface area contributed by atoms with Crippen molar-refractivity contribution in [1.82, 2.24) is 10.6 Å². The Hall–Kier alpha value is -0.870. The SMILES string of the molecule is Cc1ccc(C(C)NC(=O)C2CC3CCC2N3)s1. The van der Waals surface area contributed by atoms with Crippen molar-refractivity contribution in [1.29, 1.82) is 0 Å². The average Bonchev–Trinajstić information content (AvgIpc) is 3.03. The Morgan fingerprint density at radius 2 is 2.33 bits per heavy atom. The predicted molar refractivity (Wildman–Crippen MR) is 73.7 cm³/mol. The molecular weight excluding hydrogens is 244 g/mol. The van der Waals surface area contributed by atoms with Gasteiger partial charge in [-0.05, 0) is 45.2 Å². The molecule has 4 atom stereocenters. The smallest absolute Gasteiger partial charge is 0.225 e. The molecule has 3 nitrogen and oxygen atoms in total. The van der Waals surface area contributed by atoms with Crippen LogP contribution in [0.4, 0.5) is 0 Å². The summed E-state index contributed by atoms with van der Waals surface area (Å²) in [6.45, 7) is 4.17. The van der Waals surface area contributed by atoms with E-state index in [0.29, 0.717) is 12.1 Å². The Morgan fingerprint density at radius 1 is 1.50 bits per heavy atom. The van der Waals surface area contributed by atoms with E-state index in [-0.39, 0.29) is 17.9 Å². The molecule has 2 bridgehead atoms. The van der Waals surface area contributed by atoms with Crippen LogP contribution in [0.3, 0.4) is 0 Å². The third kappa shape index (κ3) is 2.19. The number of carbonyl (C=O) groups excluding carboxylic acids is 1. The van der Waals surface area contributed by atoms with E-state index in [1.165, 1.54) is 16.2 Å². The Morgan fingerprint density at radius 3 is 2.89 bits per heavy atom. The van der Waals surface area contributed by atoms with Crippen LogP contribution in [0.5, 0.6) is 0 Å². The number of amides is 1. The summed E-state index contributed by atoms with van der Waals surface area (Å²) in [7, 11) is 0. The van der Waals surface area contributed by atoms with Crippen molar-refractivity contribution in [3.05, 3.63) is 21.9 Å². The molecule has 4 heteroatoms. The van der Waals surface area contributed by atoms with Gasteiger partial charge >= 0.3 is 0 Å². The van der Waals surface area contributed by atoms with E-state index in [1.54, 1.807) is 11.3 Å². The zero-order chi connectivity index (χ0) is 12.7. The van der Waals surface area contributed by atoms with Crippen LogP contribution >= 0.6 is 11.3 Å². The van der Waals surface area contributed by atoms with Crippen molar-refractivity contribution in [3.8, 4) is 0 Å². The van der Waals surface area contributed by atoms with Crippen LogP contribution in [-0.4, -0.2) is 18.0 Å². The van der Waals surface area contributed by atoms with Gasteiger partial charge in [-0.3, -0.25) is 4.79 Å². The van der Waals surface area contributed by atoms with Crippen molar-refractivity contribution in [2.45, 2.75) is 51.2 Å². The maximum atomic E-state index is 12.3. The molecule has 3 heterocycles. The second-order valence-corrected chi connectivity index (χ2v) is 6.89. The lowest BCUT2D eigenvalue weighted by molar-refractivity contribution is -0.126. The Labute approximate surface area is 112 Å². The van der Waals surface area contributed by atoms with Crippen LogP contribution in [0, 0.1) is 12.8 Å². The van der Waals surface area contributed by atoms with Gasteiger partial charge in [0, 0.05) is 21.8 Å². The quantitative estimate of drug-likeness (QED) is 0.880. The lowest BCUT2D eigenvalue weighted by atomic mass is 9.88. The maximum Gasteiger partial charge on any atom is 0.225 e. The number of hydrogen-bond donors (Lipinski definition) is 2. The highest BCUT2D eigenvalue weighted by Gasteiger charge is 2.42. The molecule has 0 aromatic carbocycles. The van der Waals surface area contributed by atoms with Crippen LogP contribution in [0.2, 0.25) is 0 Å². The summed E-state index contributed by atoms with van der Waals surface area (Å²) >= 11 is 1.77. The largest absolute Gasteiger partial charge is 0.348 e. The van der Waals surface area contributed by atoms with Crippen LogP contribution in [0.1, 0.15) is 42.0 Å². The number of nitrogens with one attached hydrogen (secondary N) is 2. The highest BCUT2D eigenvalue weighted by Crippen LogP contribution is 2.34. The van der Waals surface area contributed by atoms with Gasteiger partial charge < -0.3 is 10.6 Å². The first-order valence-electron chi connectivity index (χ1n) is 6.76. The number of thiophene rings is 1. The fourth-order valence-corrected chi connectivity index (χ4v) is 4.07. The highest BCUT2D eigenvalue weighted by molar-refractivity contribution is 7.12. The topological polar surface area (TPSA) is 41.1 Å². The van der Waals surface area contributed by atoms with E-state index in [4.69, 9.17) is 0 Å². The molecule has 1 aromatic rings. The molecule has 0 radical (unpaired) electrons. The predicted octanol–water partition coefficient (Wildman–Crippen LogP) is 2.37. The normalized spacial score (nSPS) is 31.6. The average molecular weight is 264 g/mol. The van der Waals surface area contributed by atoms with Crippen molar-refractivity contribution in [2.24, 2.45) is 5.92 Å². The second kappa shape index (κ2) is 4.67. The molecule has 98 valence electrons. The molecule has 2 fully saturated rings. The standard InChI is InChI=1S/C14H20N2OS/c1-8-3-6-13(18-8)9(2)15-14(17)11-7-10-4-5-12(11)16-10/h3,6,9-12,16H,4-5,7H2,1-2H3,(H,15,17). The molecule has 2 aliphatic heterocycles. The van der Waals surface area contributed by atoms with Crippen molar-refractivity contribution >= 4 is 17.2 Å². The zero-order valence-corrected chi connectivity index (χ0v) is 11.7. The third-order valence-electron chi connectivity index (χ3n) is 4.18. The lowest BCUT2D eigenvalue weighted by Crippen LogP contribution is -2.38. The van der Waals surface area contributed by atoms with Gasteiger partial charge in [-0.25, -0.2) is 0 Å². The van der Waals surface area contributed by atoms with Gasteiger partial charge in [0.1, 0.15) is 0 Å². The molecule has 2 saturated heterocycles. The summed E-state index contributed by atoms with van der Waals surface area (Å²) in [6.07, 6.45) is 3.43. The van der Waals surface area contributed by atoms with E-state index in [2.05, 4.69) is 36.6 Å². The molecule has 0 spiro atoms. The van der Waals surface area contributed by atoms with E-state index in [9.17, 15) is 4.79 Å². The number of carbonyl (C=O) groups is 1. The first-order chi connectivity index (χ1) is 8.63. The van der Waals surface area contributed by atoms with Crippen molar-refractivity contribution < 1.29 is 4.79 Å². The van der Waals surface area contributed by atoms with Crippen molar-refractivity contribution in [2.75, 3.05) is 0 Å². The minimum atomic E-state index is 0.135. The van der Waals surface area contributed by atoms with Gasteiger partial charge in [0.05, 0.1) is 12.0 Å². The molecule has 18 heavy (non-hydrogen) atoms. The first kappa shape index (κ1) is 12.2. The summed E-state index contributed by atoms with van der Waals surface area (Å²) in [5, 5.41) is 6.69. The summed E-state index contributed by atoms with van der Waals surface area (Å²) in [5.74, 6) is 0.417. The molecule has 4 unspecified atom stereocenters. The molecule has 0 saturated carbocycles. The van der Waals surface area contributed by atoms with Gasteiger partial charge in [0.25, 0.3) is 0 Å². The minimum Gasteiger partial charge on any atom is -0.348 e. The van der Waals surface area contributed by atoms with Crippen LogP contribution in [0.15, 0.2) is 12.1 Å². The number of fused-ring (bicyclic) bond motifs is 2. The van der Waals surface area contributed by atoms with E-state index < -0.39 is 0 Å². The fraction of sp³-hybridized carbons (Fsp3) is 0.643. The summed E-state index contributed by atoms with van der Waals surface area (Å²) < 4.78 is 0. The summed E-state index contributed by atoms with van der Waals surface area (Å²) in [6, 6.07) is 5.37. The van der Waals surface area contributed by atoms with Gasteiger partial charge in [0.2, 0.25) is 5.91 Å². The molecule has 3 rings (SSSR count). The van der Waals surface area contributed by atoms with Gasteiger partial charge in [-0.1, -0.05) is 0 Å². The monoisotopic (exact) mass is 264 g/mol. The number of rotatable bonds is 3. The molecular formula is C14H20N2OS. The van der Waals surface area contributed by atoms with Crippen LogP contribution < -0.4 is 10.6 Å². The maximum absolute atomic E-state index is 12.3. The first-order valence-corrected chi connectivity index (χ1v) is 7.58. The Balaban J connectivity index is 1.61. The molecule has 2 N–H and O–H groups in total. The summed E-state index contributed by atoms with van der Waals surface area (Å²) in [4.78, 5) is 14.8. The molecule has 0 aliphatic carbocycles. The second-order valence-electron chi connectivity index (χ2n) is 5.57. The van der Waals surface area contributed by atoms with Crippen LogP contribution in [0.25, 0.3) is 0 Å². The zero-order valence-electron chi connectivity index (χ0n) is 10.9. The van der Waals surface area contributed by atoms with E-state index >= 15 is 0 Å². The molecule has 1 aromatic heterocycles. The number of aryl methyl sites for hydroxylation is 1. The fourth-order valence-electron chi connectivity index (χ4n) is 3.19.